The van der Waals surface area contributed by atoms with E-state index in [-0.39, 0.29) is 0 Å². The van der Waals surface area contributed by atoms with E-state index in [1.165, 1.54) is 24.1 Å². The highest BCUT2D eigenvalue weighted by Gasteiger charge is 2.18. The van der Waals surface area contributed by atoms with E-state index in [4.69, 9.17) is 0 Å². The lowest BCUT2D eigenvalue weighted by Gasteiger charge is -2.12. The molecule has 3 heteroatoms. The van der Waals surface area contributed by atoms with E-state index in [0.717, 1.165) is 13.1 Å². The molecule has 0 bridgehead atoms. The number of aromatic nitrogens is 2. The van der Waals surface area contributed by atoms with Gasteiger partial charge in [-0.05, 0) is 33.2 Å². The van der Waals surface area contributed by atoms with Gasteiger partial charge in [0.2, 0.25) is 0 Å². The Morgan fingerprint density at radius 1 is 1.67 bits per heavy atom. The summed E-state index contributed by atoms with van der Waals surface area (Å²) in [5.74, 6) is 0. The highest BCUT2D eigenvalue weighted by Crippen LogP contribution is 2.22. The maximum atomic E-state index is 4.24. The maximum absolute atomic E-state index is 4.24. The molecule has 15 heavy (non-hydrogen) atoms. The number of imidazole rings is 1. The van der Waals surface area contributed by atoms with Crippen LogP contribution in [0.2, 0.25) is 0 Å². The third-order valence-electron chi connectivity index (χ3n) is 2.86. The minimum atomic E-state index is 0.512. The fourth-order valence-corrected chi connectivity index (χ4v) is 1.99. The van der Waals surface area contributed by atoms with Crippen LogP contribution in [0, 0.1) is 0 Å². The molecule has 2 rings (SSSR count). The van der Waals surface area contributed by atoms with E-state index in [9.17, 15) is 0 Å². The number of nitrogens with one attached hydrogen (secondary N) is 1. The Balaban J connectivity index is 2.10. The molecule has 0 aromatic carbocycles. The minimum Gasteiger partial charge on any atom is -0.329 e. The molecule has 0 amide bonds. The van der Waals surface area contributed by atoms with Crippen molar-refractivity contribution in [1.29, 1.82) is 0 Å². The molecule has 0 aliphatic carbocycles. The second-order valence-electron chi connectivity index (χ2n) is 4.40. The molecule has 0 radical (unpaired) electrons. The van der Waals surface area contributed by atoms with E-state index < -0.39 is 0 Å². The van der Waals surface area contributed by atoms with Gasteiger partial charge < -0.3 is 9.88 Å². The highest BCUT2D eigenvalue weighted by atomic mass is 15.1. The van der Waals surface area contributed by atoms with Crippen LogP contribution >= 0.6 is 0 Å². The molecule has 1 aliphatic rings. The summed E-state index contributed by atoms with van der Waals surface area (Å²) in [6.45, 7) is 6.34. The van der Waals surface area contributed by atoms with Crippen molar-refractivity contribution in [3.05, 3.63) is 29.9 Å². The lowest BCUT2D eigenvalue weighted by Crippen LogP contribution is -2.16. The molecule has 1 aliphatic heterocycles. The van der Waals surface area contributed by atoms with Gasteiger partial charge in [0.1, 0.15) is 0 Å². The molecule has 1 atom stereocenters. The fraction of sp³-hybridized carbons (Fsp3) is 0.583. The summed E-state index contributed by atoms with van der Waals surface area (Å²) in [7, 11) is 0. The molecular formula is C12H19N3. The second kappa shape index (κ2) is 4.62. The van der Waals surface area contributed by atoms with Crippen molar-refractivity contribution in [3.63, 3.8) is 0 Å². The first-order chi connectivity index (χ1) is 7.27. The number of rotatable bonds is 3. The van der Waals surface area contributed by atoms with E-state index in [2.05, 4.69) is 34.8 Å². The highest BCUT2D eigenvalue weighted by molar-refractivity contribution is 5.08. The summed E-state index contributed by atoms with van der Waals surface area (Å²) in [5, 5.41) is 3.51. The van der Waals surface area contributed by atoms with Gasteiger partial charge in [0, 0.05) is 18.8 Å². The molecule has 3 nitrogen and oxygen atoms in total. The lowest BCUT2D eigenvalue weighted by molar-refractivity contribution is 0.587. The molecule has 0 saturated carbocycles. The third kappa shape index (κ3) is 2.48. The van der Waals surface area contributed by atoms with Gasteiger partial charge in [0.15, 0.2) is 0 Å². The maximum Gasteiger partial charge on any atom is 0.0951 e. The Kier molecular flexibility index (Phi) is 3.21. The summed E-state index contributed by atoms with van der Waals surface area (Å²) >= 11 is 0. The van der Waals surface area contributed by atoms with E-state index in [0.29, 0.717) is 6.04 Å². The molecule has 2 heterocycles. The van der Waals surface area contributed by atoms with Crippen molar-refractivity contribution in [3.8, 4) is 0 Å². The lowest BCUT2D eigenvalue weighted by atomic mass is 10.2. The van der Waals surface area contributed by atoms with Gasteiger partial charge in [0.25, 0.3) is 0 Å². The van der Waals surface area contributed by atoms with Crippen molar-refractivity contribution in [2.75, 3.05) is 6.54 Å². The standard InChI is InChI=1S/C12H19N3/c1-10(2)5-7-15-9-13-8-12(15)11-4-3-6-14-11/h5,8-9,11,14H,3-4,6-7H2,1-2H3. The summed E-state index contributed by atoms with van der Waals surface area (Å²) in [6, 6.07) is 0.512. The van der Waals surface area contributed by atoms with Crippen molar-refractivity contribution in [2.45, 2.75) is 39.3 Å². The molecule has 1 aromatic heterocycles. The van der Waals surface area contributed by atoms with Gasteiger partial charge in [-0.25, -0.2) is 4.98 Å². The van der Waals surface area contributed by atoms with Crippen molar-refractivity contribution in [1.82, 2.24) is 14.9 Å². The smallest absolute Gasteiger partial charge is 0.0951 e. The molecule has 1 fully saturated rings. The average molecular weight is 205 g/mol. The number of nitrogens with zero attached hydrogens (tertiary/aromatic N) is 2. The third-order valence-corrected chi connectivity index (χ3v) is 2.86. The minimum absolute atomic E-state index is 0.512. The SMILES string of the molecule is CC(C)=CCn1cncc1C1CCCN1. The molecule has 1 saturated heterocycles. The van der Waals surface area contributed by atoms with Crippen LogP contribution in [0.1, 0.15) is 38.4 Å². The van der Waals surface area contributed by atoms with Crippen LogP contribution < -0.4 is 5.32 Å². The van der Waals surface area contributed by atoms with Gasteiger partial charge in [-0.2, -0.15) is 0 Å². The van der Waals surface area contributed by atoms with Gasteiger partial charge in [-0.3, -0.25) is 0 Å². The van der Waals surface area contributed by atoms with E-state index in [1.807, 2.05) is 12.5 Å². The Bertz CT molecular complexity index is 342. The summed E-state index contributed by atoms with van der Waals surface area (Å²) in [6.07, 6.45) is 8.66. The summed E-state index contributed by atoms with van der Waals surface area (Å²) in [4.78, 5) is 4.24. The monoisotopic (exact) mass is 205 g/mol. The Morgan fingerprint density at radius 2 is 2.53 bits per heavy atom. The molecule has 1 N–H and O–H groups in total. The van der Waals surface area contributed by atoms with Crippen molar-refractivity contribution in [2.24, 2.45) is 0 Å². The number of hydrogen-bond donors (Lipinski definition) is 1. The first kappa shape index (κ1) is 10.4. The molecule has 1 unspecified atom stereocenters. The quantitative estimate of drug-likeness (QED) is 0.767. The van der Waals surface area contributed by atoms with Crippen LogP contribution in [0.4, 0.5) is 0 Å². The van der Waals surface area contributed by atoms with Gasteiger partial charge in [-0.1, -0.05) is 11.6 Å². The first-order valence-corrected chi connectivity index (χ1v) is 5.64. The largest absolute Gasteiger partial charge is 0.329 e. The van der Waals surface area contributed by atoms with Crippen LogP contribution in [0.5, 0.6) is 0 Å². The molecule has 1 aromatic rings. The Labute approximate surface area is 91.2 Å². The van der Waals surface area contributed by atoms with Crippen LogP contribution in [-0.4, -0.2) is 16.1 Å². The molecular weight excluding hydrogens is 186 g/mol. The van der Waals surface area contributed by atoms with Gasteiger partial charge in [0.05, 0.1) is 12.0 Å². The summed E-state index contributed by atoms with van der Waals surface area (Å²) in [5.41, 5.74) is 2.68. The summed E-state index contributed by atoms with van der Waals surface area (Å²) < 4.78 is 2.23. The zero-order chi connectivity index (χ0) is 10.7. The van der Waals surface area contributed by atoms with Gasteiger partial charge in [-0.15, -0.1) is 0 Å². The number of allylic oxidation sites excluding steroid dienone is 2. The van der Waals surface area contributed by atoms with Crippen LogP contribution in [0.25, 0.3) is 0 Å². The molecule has 0 spiro atoms. The van der Waals surface area contributed by atoms with Crippen molar-refractivity contribution >= 4 is 0 Å². The number of hydrogen-bond acceptors (Lipinski definition) is 2. The van der Waals surface area contributed by atoms with Crippen LogP contribution in [-0.2, 0) is 6.54 Å². The topological polar surface area (TPSA) is 29.9 Å². The van der Waals surface area contributed by atoms with Gasteiger partial charge >= 0.3 is 0 Å². The predicted molar refractivity (Wildman–Crippen MR) is 61.6 cm³/mol. The second-order valence-corrected chi connectivity index (χ2v) is 4.40. The predicted octanol–water partition coefficient (Wildman–Crippen LogP) is 2.27. The van der Waals surface area contributed by atoms with Crippen LogP contribution in [0.3, 0.4) is 0 Å². The molecule has 82 valence electrons. The van der Waals surface area contributed by atoms with Crippen LogP contribution in [0.15, 0.2) is 24.2 Å². The fourth-order valence-electron chi connectivity index (χ4n) is 1.99. The Hall–Kier alpha value is -1.09. The zero-order valence-corrected chi connectivity index (χ0v) is 9.53. The van der Waals surface area contributed by atoms with E-state index in [1.54, 1.807) is 0 Å². The average Bonchev–Trinajstić information content (AvgIpc) is 2.85. The normalized spacial score (nSPS) is 20.5. The first-order valence-electron chi connectivity index (χ1n) is 5.64. The van der Waals surface area contributed by atoms with Crippen molar-refractivity contribution < 1.29 is 0 Å². The van der Waals surface area contributed by atoms with E-state index >= 15 is 0 Å². The zero-order valence-electron chi connectivity index (χ0n) is 9.53. The Morgan fingerprint density at radius 3 is 3.20 bits per heavy atom.